The van der Waals surface area contributed by atoms with Crippen LogP contribution in [0.2, 0.25) is 13.1 Å². The van der Waals surface area contributed by atoms with Crippen LogP contribution in [0, 0.1) is 0 Å². The topological polar surface area (TPSA) is 99.4 Å². The largest absolute Gasteiger partial charge is 0.394 e. The first kappa shape index (κ1) is 17.0. The fourth-order valence-electron chi connectivity index (χ4n) is 2.20. The van der Waals surface area contributed by atoms with Gasteiger partial charge in [0, 0.05) is 0 Å². The van der Waals surface area contributed by atoms with E-state index in [9.17, 15) is 20.4 Å². The van der Waals surface area contributed by atoms with Crippen LogP contribution in [-0.4, -0.2) is 71.3 Å². The molecule has 1 heterocycles. The molecule has 0 bridgehead atoms. The van der Waals surface area contributed by atoms with Gasteiger partial charge in [0.25, 0.3) is 0 Å². The summed E-state index contributed by atoms with van der Waals surface area (Å²) in [5.41, 5.74) is -1.96. The number of rotatable bonds is 3. The number of aliphatic hydroxyl groups is 4. The van der Waals surface area contributed by atoms with Gasteiger partial charge >= 0.3 is 0 Å². The zero-order valence-electron chi connectivity index (χ0n) is 12.1. The van der Waals surface area contributed by atoms with Gasteiger partial charge in [-0.25, -0.2) is 0 Å². The quantitative estimate of drug-likeness (QED) is 0.512. The highest BCUT2D eigenvalue weighted by Crippen LogP contribution is 2.36. The number of hydrogen-bond donors (Lipinski definition) is 4. The molecule has 1 unspecified atom stereocenters. The summed E-state index contributed by atoms with van der Waals surface area (Å²) in [6.07, 6.45) is -5.07. The predicted molar refractivity (Wildman–Crippen MR) is 71.0 cm³/mol. The minimum Gasteiger partial charge on any atom is -0.394 e. The van der Waals surface area contributed by atoms with Crippen LogP contribution >= 0.6 is 0 Å². The summed E-state index contributed by atoms with van der Waals surface area (Å²) in [4.78, 5) is 0. The fourth-order valence-corrected chi connectivity index (χ4v) is 3.86. The van der Waals surface area contributed by atoms with Crippen LogP contribution in [0.4, 0.5) is 0 Å². The number of ether oxygens (including phenoxy) is 2. The minimum absolute atomic E-state index is 0.449. The van der Waals surface area contributed by atoms with Gasteiger partial charge in [0.1, 0.15) is 33.2 Å². The molecule has 6 nitrogen and oxygen atoms in total. The Morgan fingerprint density at radius 1 is 1.16 bits per heavy atom. The average Bonchev–Trinajstić information content (AvgIpc) is 2.28. The lowest BCUT2D eigenvalue weighted by molar-refractivity contribution is -0.348. The molecule has 1 saturated heterocycles. The van der Waals surface area contributed by atoms with Crippen molar-refractivity contribution >= 4 is 8.80 Å². The first-order valence-electron chi connectivity index (χ1n) is 6.39. The lowest BCUT2D eigenvalue weighted by Crippen LogP contribution is -2.71. The van der Waals surface area contributed by atoms with E-state index in [-0.39, 0.29) is 0 Å². The van der Waals surface area contributed by atoms with Crippen LogP contribution in [0.25, 0.3) is 0 Å². The average molecular weight is 293 g/mol. The molecule has 1 rings (SSSR count). The summed E-state index contributed by atoms with van der Waals surface area (Å²) in [5.74, 6) is 0. The molecule has 1 aliphatic heterocycles. The van der Waals surface area contributed by atoms with E-state index in [1.807, 2.05) is 33.9 Å². The van der Waals surface area contributed by atoms with E-state index in [0.717, 1.165) is 0 Å². The normalized spacial score (nSPS) is 40.7. The van der Waals surface area contributed by atoms with E-state index in [2.05, 4.69) is 0 Å². The summed E-state index contributed by atoms with van der Waals surface area (Å²) in [6.45, 7) is 8.79. The Kier molecular flexibility index (Phi) is 5.17. The maximum absolute atomic E-state index is 10.3. The van der Waals surface area contributed by atoms with Gasteiger partial charge in [0.2, 0.25) is 0 Å². The SMILES string of the molecule is C[Si](C)C1(OC(C)(C)C)O[C@H](CO)[C@@H](O)[C@H](O)[C@H]1O. The smallest absolute Gasteiger partial charge is 0.177 e. The first-order valence-corrected chi connectivity index (χ1v) is 8.89. The van der Waals surface area contributed by atoms with Crippen molar-refractivity contribution in [1.29, 1.82) is 0 Å². The maximum Gasteiger partial charge on any atom is 0.177 e. The Morgan fingerprint density at radius 2 is 1.68 bits per heavy atom. The lowest BCUT2D eigenvalue weighted by atomic mass is 9.98. The van der Waals surface area contributed by atoms with Crippen LogP contribution < -0.4 is 0 Å². The highest BCUT2D eigenvalue weighted by molar-refractivity contribution is 6.58. The minimum atomic E-state index is -1.41. The van der Waals surface area contributed by atoms with E-state index >= 15 is 0 Å². The molecule has 0 aromatic rings. The second-order valence-electron chi connectivity index (χ2n) is 6.15. The molecular weight excluding hydrogens is 268 g/mol. The molecule has 1 fully saturated rings. The molecule has 0 saturated carbocycles. The monoisotopic (exact) mass is 293 g/mol. The van der Waals surface area contributed by atoms with Crippen molar-refractivity contribution in [3.8, 4) is 0 Å². The molecule has 1 radical (unpaired) electrons. The number of aliphatic hydroxyl groups excluding tert-OH is 4. The summed E-state index contributed by atoms with van der Waals surface area (Å²) in [7, 11) is -1.35. The third kappa shape index (κ3) is 3.36. The first-order chi connectivity index (χ1) is 8.55. The van der Waals surface area contributed by atoms with Crippen molar-refractivity contribution < 1.29 is 29.9 Å². The van der Waals surface area contributed by atoms with E-state index in [1.165, 1.54) is 0 Å². The second kappa shape index (κ2) is 5.77. The highest BCUT2D eigenvalue weighted by Gasteiger charge is 2.57. The Labute approximate surface area is 115 Å². The van der Waals surface area contributed by atoms with Crippen LogP contribution in [0.3, 0.4) is 0 Å². The summed E-state index contributed by atoms with van der Waals surface area (Å²) < 4.78 is 11.6. The van der Waals surface area contributed by atoms with Crippen LogP contribution in [0.1, 0.15) is 20.8 Å². The molecule has 0 aromatic carbocycles. The Morgan fingerprint density at radius 3 is 2.05 bits per heavy atom. The lowest BCUT2D eigenvalue weighted by Gasteiger charge is -2.52. The molecule has 4 N–H and O–H groups in total. The molecule has 0 spiro atoms. The van der Waals surface area contributed by atoms with Gasteiger partial charge in [-0.1, -0.05) is 13.1 Å². The Hall–Kier alpha value is -0.0231. The summed E-state index contributed by atoms with van der Waals surface area (Å²) in [6, 6.07) is 0. The van der Waals surface area contributed by atoms with Gasteiger partial charge < -0.3 is 29.9 Å². The molecule has 19 heavy (non-hydrogen) atoms. The zero-order chi connectivity index (χ0) is 15.0. The zero-order valence-corrected chi connectivity index (χ0v) is 13.1. The maximum atomic E-state index is 10.3. The van der Waals surface area contributed by atoms with E-state index in [4.69, 9.17) is 9.47 Å². The van der Waals surface area contributed by atoms with Gasteiger partial charge in [-0.05, 0) is 20.8 Å². The van der Waals surface area contributed by atoms with E-state index < -0.39 is 50.8 Å². The van der Waals surface area contributed by atoms with Crippen molar-refractivity contribution in [3.05, 3.63) is 0 Å². The van der Waals surface area contributed by atoms with Crippen LogP contribution in [0.5, 0.6) is 0 Å². The molecule has 0 aromatic heterocycles. The standard InChI is InChI=1S/C12H25O6Si/c1-11(2,3)18-12(19(4)5)10(16)9(15)8(14)7(6-13)17-12/h7-10,13-16H,6H2,1-5H3/t7-,8-,9+,10-,12?/m1/s1. The Bertz CT molecular complexity index is 303. The summed E-state index contributed by atoms with van der Waals surface area (Å²) in [5, 5.41) is 39.3. The van der Waals surface area contributed by atoms with Crippen molar-refractivity contribution in [2.75, 3.05) is 6.61 Å². The third-order valence-corrected chi connectivity index (χ3v) is 5.01. The van der Waals surface area contributed by atoms with Crippen LogP contribution in [0.15, 0.2) is 0 Å². The van der Waals surface area contributed by atoms with E-state index in [0.29, 0.717) is 0 Å². The van der Waals surface area contributed by atoms with Crippen molar-refractivity contribution in [1.82, 2.24) is 0 Å². The van der Waals surface area contributed by atoms with Gasteiger partial charge in [0.05, 0.1) is 12.2 Å². The van der Waals surface area contributed by atoms with Gasteiger partial charge in [0.15, 0.2) is 5.41 Å². The molecule has 0 aliphatic carbocycles. The second-order valence-corrected chi connectivity index (χ2v) is 8.84. The molecule has 5 atom stereocenters. The van der Waals surface area contributed by atoms with Gasteiger partial charge in [-0.3, -0.25) is 0 Å². The Balaban J connectivity index is 3.14. The summed E-state index contributed by atoms with van der Waals surface area (Å²) >= 11 is 0. The van der Waals surface area contributed by atoms with Gasteiger partial charge in [-0.15, -0.1) is 0 Å². The molecular formula is C12H25O6Si. The predicted octanol–water partition coefficient (Wildman–Crippen LogP) is -0.735. The number of hydrogen-bond acceptors (Lipinski definition) is 6. The van der Waals surface area contributed by atoms with E-state index in [1.54, 1.807) is 0 Å². The van der Waals surface area contributed by atoms with Crippen molar-refractivity contribution in [2.45, 2.75) is 69.3 Å². The third-order valence-electron chi connectivity index (χ3n) is 3.10. The molecule has 7 heteroatoms. The van der Waals surface area contributed by atoms with Crippen LogP contribution in [-0.2, 0) is 9.47 Å². The fraction of sp³-hybridized carbons (Fsp3) is 1.00. The molecule has 1 aliphatic rings. The van der Waals surface area contributed by atoms with Crippen molar-refractivity contribution in [3.63, 3.8) is 0 Å². The van der Waals surface area contributed by atoms with Gasteiger partial charge in [-0.2, -0.15) is 0 Å². The highest BCUT2D eigenvalue weighted by atomic mass is 28.3. The molecule has 0 amide bonds. The van der Waals surface area contributed by atoms with Crippen molar-refractivity contribution in [2.24, 2.45) is 0 Å². The molecule has 113 valence electrons.